The molecular weight excluding hydrogens is 192 g/mol. The lowest BCUT2D eigenvalue weighted by atomic mass is 9.89. The molecule has 0 fully saturated rings. The van der Waals surface area contributed by atoms with Gasteiger partial charge >= 0.3 is 5.97 Å². The van der Waals surface area contributed by atoms with Crippen LogP contribution in [0.1, 0.15) is 24.0 Å². The molecule has 2 unspecified atom stereocenters. The van der Waals surface area contributed by atoms with E-state index in [1.165, 1.54) is 0 Å². The molecule has 0 bridgehead atoms. The number of ether oxygens (including phenoxy) is 1. The Balaban J connectivity index is 2.32. The molecule has 15 heavy (non-hydrogen) atoms. The number of aryl methyl sites for hydroxylation is 1. The van der Waals surface area contributed by atoms with Gasteiger partial charge in [-0.1, -0.05) is 19.1 Å². The lowest BCUT2D eigenvalue weighted by Crippen LogP contribution is -2.19. The standard InChI is InChI=1S/C12H14O3/c1-7-3-4-9-10(8(2)12(13)14)6-15-11(9)5-7/h3-5,8,10H,6H2,1-2H3,(H,13,14). The van der Waals surface area contributed by atoms with Crippen molar-refractivity contribution < 1.29 is 14.6 Å². The second kappa shape index (κ2) is 3.57. The van der Waals surface area contributed by atoms with Crippen LogP contribution in [0.5, 0.6) is 5.75 Å². The summed E-state index contributed by atoms with van der Waals surface area (Å²) in [6.45, 7) is 4.20. The van der Waals surface area contributed by atoms with Crippen LogP contribution in [0.3, 0.4) is 0 Å². The van der Waals surface area contributed by atoms with Gasteiger partial charge in [-0.05, 0) is 18.6 Å². The van der Waals surface area contributed by atoms with Crippen LogP contribution in [0.15, 0.2) is 18.2 Å². The summed E-state index contributed by atoms with van der Waals surface area (Å²) in [6, 6.07) is 5.93. The normalized spacial score (nSPS) is 20.5. The van der Waals surface area contributed by atoms with Crippen LogP contribution in [-0.2, 0) is 4.79 Å². The highest BCUT2D eigenvalue weighted by molar-refractivity contribution is 5.71. The van der Waals surface area contributed by atoms with Crippen molar-refractivity contribution in [1.29, 1.82) is 0 Å². The predicted octanol–water partition coefficient (Wildman–Crippen LogP) is 2.19. The van der Waals surface area contributed by atoms with Crippen molar-refractivity contribution in [2.24, 2.45) is 5.92 Å². The molecule has 0 aliphatic carbocycles. The molecule has 0 radical (unpaired) electrons. The van der Waals surface area contributed by atoms with Crippen molar-refractivity contribution in [3.05, 3.63) is 29.3 Å². The smallest absolute Gasteiger partial charge is 0.306 e. The Morgan fingerprint density at radius 1 is 1.60 bits per heavy atom. The Bertz CT molecular complexity index is 398. The molecule has 0 amide bonds. The van der Waals surface area contributed by atoms with Gasteiger partial charge in [-0.3, -0.25) is 4.79 Å². The molecule has 2 atom stereocenters. The number of carboxylic acid groups (broad SMARTS) is 1. The lowest BCUT2D eigenvalue weighted by molar-refractivity contribution is -0.142. The summed E-state index contributed by atoms with van der Waals surface area (Å²) in [5.74, 6) is -0.336. The van der Waals surface area contributed by atoms with Crippen molar-refractivity contribution >= 4 is 5.97 Å². The third-order valence-electron chi connectivity index (χ3n) is 2.98. The molecule has 0 aromatic heterocycles. The van der Waals surface area contributed by atoms with E-state index >= 15 is 0 Å². The Morgan fingerprint density at radius 3 is 3.00 bits per heavy atom. The van der Waals surface area contributed by atoms with Gasteiger partial charge in [0.25, 0.3) is 0 Å². The zero-order valence-corrected chi connectivity index (χ0v) is 8.86. The molecule has 1 aromatic carbocycles. The van der Waals surface area contributed by atoms with E-state index in [9.17, 15) is 4.79 Å². The molecule has 3 nitrogen and oxygen atoms in total. The van der Waals surface area contributed by atoms with Crippen LogP contribution >= 0.6 is 0 Å². The third kappa shape index (κ3) is 1.69. The van der Waals surface area contributed by atoms with Crippen molar-refractivity contribution in [2.75, 3.05) is 6.61 Å². The van der Waals surface area contributed by atoms with Crippen LogP contribution in [-0.4, -0.2) is 17.7 Å². The molecule has 80 valence electrons. The molecule has 0 spiro atoms. The summed E-state index contributed by atoms with van der Waals surface area (Å²) in [4.78, 5) is 10.9. The summed E-state index contributed by atoms with van der Waals surface area (Å²) in [5.41, 5.74) is 2.16. The van der Waals surface area contributed by atoms with Crippen LogP contribution in [0, 0.1) is 12.8 Å². The van der Waals surface area contributed by atoms with Gasteiger partial charge < -0.3 is 9.84 Å². The van der Waals surface area contributed by atoms with Gasteiger partial charge in [0.2, 0.25) is 0 Å². The van der Waals surface area contributed by atoms with Gasteiger partial charge in [0, 0.05) is 11.5 Å². The van der Waals surface area contributed by atoms with Gasteiger partial charge in [0.05, 0.1) is 12.5 Å². The summed E-state index contributed by atoms with van der Waals surface area (Å²) in [6.07, 6.45) is 0. The topological polar surface area (TPSA) is 46.5 Å². The fourth-order valence-electron chi connectivity index (χ4n) is 1.93. The predicted molar refractivity (Wildman–Crippen MR) is 56.2 cm³/mol. The van der Waals surface area contributed by atoms with E-state index < -0.39 is 11.9 Å². The number of benzene rings is 1. The number of fused-ring (bicyclic) bond motifs is 1. The summed E-state index contributed by atoms with van der Waals surface area (Å²) in [7, 11) is 0. The molecule has 1 aliphatic rings. The molecule has 1 N–H and O–H groups in total. The molecule has 2 rings (SSSR count). The van der Waals surface area contributed by atoms with E-state index in [1.54, 1.807) is 6.92 Å². The first kappa shape index (κ1) is 10.0. The van der Waals surface area contributed by atoms with Crippen molar-refractivity contribution in [1.82, 2.24) is 0 Å². The van der Waals surface area contributed by atoms with Crippen molar-refractivity contribution in [3.63, 3.8) is 0 Å². The van der Waals surface area contributed by atoms with E-state index in [0.717, 1.165) is 16.9 Å². The number of carbonyl (C=O) groups is 1. The van der Waals surface area contributed by atoms with Crippen molar-refractivity contribution in [2.45, 2.75) is 19.8 Å². The Hall–Kier alpha value is -1.51. The second-order valence-corrected chi connectivity index (χ2v) is 4.09. The first-order valence-electron chi connectivity index (χ1n) is 5.05. The van der Waals surface area contributed by atoms with Crippen LogP contribution in [0.25, 0.3) is 0 Å². The summed E-state index contributed by atoms with van der Waals surface area (Å²) < 4.78 is 5.50. The molecular formula is C12H14O3. The average Bonchev–Trinajstić information content (AvgIpc) is 2.59. The third-order valence-corrected chi connectivity index (χ3v) is 2.98. The number of rotatable bonds is 2. The van der Waals surface area contributed by atoms with Gasteiger partial charge in [0.1, 0.15) is 5.75 Å². The molecule has 1 heterocycles. The largest absolute Gasteiger partial charge is 0.493 e. The Labute approximate surface area is 88.7 Å². The number of hydrogen-bond donors (Lipinski definition) is 1. The van der Waals surface area contributed by atoms with Crippen LogP contribution in [0.2, 0.25) is 0 Å². The molecule has 1 aliphatic heterocycles. The summed E-state index contributed by atoms with van der Waals surface area (Å²) >= 11 is 0. The zero-order valence-electron chi connectivity index (χ0n) is 8.86. The van der Waals surface area contributed by atoms with E-state index in [2.05, 4.69) is 0 Å². The molecule has 0 saturated heterocycles. The van der Waals surface area contributed by atoms with Gasteiger partial charge in [0.15, 0.2) is 0 Å². The SMILES string of the molecule is Cc1ccc2c(c1)OCC2C(C)C(=O)O. The maximum absolute atomic E-state index is 10.9. The Kier molecular flexibility index (Phi) is 2.39. The van der Waals surface area contributed by atoms with Gasteiger partial charge in [-0.15, -0.1) is 0 Å². The minimum absolute atomic E-state index is 0.0156. The second-order valence-electron chi connectivity index (χ2n) is 4.09. The lowest BCUT2D eigenvalue weighted by Gasteiger charge is -2.13. The minimum Gasteiger partial charge on any atom is -0.493 e. The fourth-order valence-corrected chi connectivity index (χ4v) is 1.93. The monoisotopic (exact) mass is 206 g/mol. The highest BCUT2D eigenvalue weighted by Crippen LogP contribution is 2.38. The zero-order chi connectivity index (χ0) is 11.0. The van der Waals surface area contributed by atoms with E-state index in [4.69, 9.17) is 9.84 Å². The number of hydrogen-bond acceptors (Lipinski definition) is 2. The van der Waals surface area contributed by atoms with Gasteiger partial charge in [-0.2, -0.15) is 0 Å². The van der Waals surface area contributed by atoms with E-state index in [0.29, 0.717) is 6.61 Å². The van der Waals surface area contributed by atoms with E-state index in [1.807, 2.05) is 25.1 Å². The highest BCUT2D eigenvalue weighted by atomic mass is 16.5. The minimum atomic E-state index is -0.767. The molecule has 1 aromatic rings. The molecule has 3 heteroatoms. The fraction of sp³-hybridized carbons (Fsp3) is 0.417. The van der Waals surface area contributed by atoms with E-state index in [-0.39, 0.29) is 5.92 Å². The first-order chi connectivity index (χ1) is 7.09. The van der Waals surface area contributed by atoms with Crippen molar-refractivity contribution in [3.8, 4) is 5.75 Å². The average molecular weight is 206 g/mol. The Morgan fingerprint density at radius 2 is 2.33 bits per heavy atom. The van der Waals surface area contributed by atoms with Crippen LogP contribution < -0.4 is 4.74 Å². The quantitative estimate of drug-likeness (QED) is 0.806. The maximum atomic E-state index is 10.9. The summed E-state index contributed by atoms with van der Waals surface area (Å²) in [5, 5.41) is 8.97. The number of carboxylic acids is 1. The van der Waals surface area contributed by atoms with Crippen LogP contribution in [0.4, 0.5) is 0 Å². The highest BCUT2D eigenvalue weighted by Gasteiger charge is 2.32. The van der Waals surface area contributed by atoms with Gasteiger partial charge in [-0.25, -0.2) is 0 Å². The molecule has 0 saturated carbocycles. The maximum Gasteiger partial charge on any atom is 0.306 e. The first-order valence-corrected chi connectivity index (χ1v) is 5.05. The number of aliphatic carboxylic acids is 1.